The largest absolute Gasteiger partial charge is 0.358 e. The van der Waals surface area contributed by atoms with E-state index in [2.05, 4.69) is 10.3 Å². The van der Waals surface area contributed by atoms with Crippen LogP contribution in [0.25, 0.3) is 0 Å². The van der Waals surface area contributed by atoms with Crippen LogP contribution in [-0.2, 0) is 22.4 Å². The highest BCUT2D eigenvalue weighted by molar-refractivity contribution is 6.28. The molecule has 1 fully saturated rings. The molecule has 4 amide bonds. The molecule has 1 atom stereocenters. The van der Waals surface area contributed by atoms with Gasteiger partial charge in [0.15, 0.2) is 5.78 Å². The van der Waals surface area contributed by atoms with E-state index in [0.717, 1.165) is 16.5 Å². The van der Waals surface area contributed by atoms with Crippen molar-refractivity contribution in [3.8, 4) is 0 Å². The van der Waals surface area contributed by atoms with Crippen molar-refractivity contribution < 1.29 is 24.0 Å². The van der Waals surface area contributed by atoms with Gasteiger partial charge in [0.1, 0.15) is 5.54 Å². The number of urea groups is 1. The number of rotatable bonds is 9. The van der Waals surface area contributed by atoms with Crippen LogP contribution < -0.4 is 5.32 Å². The van der Waals surface area contributed by atoms with Crippen molar-refractivity contribution in [1.29, 1.82) is 0 Å². The second-order valence-electron chi connectivity index (χ2n) is 9.27. The molecule has 2 aromatic rings. The van der Waals surface area contributed by atoms with Gasteiger partial charge in [0.25, 0.3) is 5.91 Å². The Kier molecular flexibility index (Phi) is 6.92. The zero-order valence-electron chi connectivity index (χ0n) is 20.7. The monoisotopic (exact) mass is 490 g/mol. The van der Waals surface area contributed by atoms with Crippen molar-refractivity contribution in [3.63, 3.8) is 0 Å². The van der Waals surface area contributed by atoms with E-state index >= 15 is 0 Å². The van der Waals surface area contributed by atoms with Crippen molar-refractivity contribution in [2.24, 2.45) is 0 Å². The first kappa shape index (κ1) is 25.1. The van der Waals surface area contributed by atoms with Crippen LogP contribution in [0.4, 0.5) is 4.79 Å². The molecule has 1 aromatic heterocycles. The molecular weight excluding hydrogens is 460 g/mol. The number of fused-ring (bicyclic) bond motifs is 1. The number of carbonyl (C=O) groups is 5. The Labute approximate surface area is 209 Å². The lowest BCUT2D eigenvalue weighted by atomic mass is 9.79. The predicted molar refractivity (Wildman–Crippen MR) is 133 cm³/mol. The fraction of sp³-hybridized carbons (Fsp3) is 0.370. The fourth-order valence-corrected chi connectivity index (χ4v) is 4.79. The Morgan fingerprint density at radius 1 is 1.08 bits per heavy atom. The number of imide groups is 1. The normalized spacial score (nSPS) is 19.6. The Morgan fingerprint density at radius 2 is 1.81 bits per heavy atom. The van der Waals surface area contributed by atoms with Crippen LogP contribution in [0.1, 0.15) is 58.7 Å². The fourth-order valence-electron chi connectivity index (χ4n) is 4.79. The maximum Gasteiger partial charge on any atom is 0.327 e. The van der Waals surface area contributed by atoms with Crippen LogP contribution in [0.15, 0.2) is 48.2 Å². The molecule has 4 rings (SSSR count). The summed E-state index contributed by atoms with van der Waals surface area (Å²) in [6.07, 6.45) is 4.63. The Hall–Kier alpha value is -4.01. The first-order valence-electron chi connectivity index (χ1n) is 12.1. The van der Waals surface area contributed by atoms with Gasteiger partial charge in [-0.15, -0.1) is 0 Å². The molecule has 188 valence electrons. The summed E-state index contributed by atoms with van der Waals surface area (Å²) in [6.45, 7) is 3.88. The van der Waals surface area contributed by atoms with Crippen LogP contribution in [0.2, 0.25) is 0 Å². The predicted octanol–water partition coefficient (Wildman–Crippen LogP) is 2.67. The van der Waals surface area contributed by atoms with Crippen molar-refractivity contribution in [1.82, 2.24) is 20.1 Å². The number of hydrogen-bond acceptors (Lipinski definition) is 5. The van der Waals surface area contributed by atoms with Crippen LogP contribution in [-0.4, -0.2) is 69.9 Å². The van der Waals surface area contributed by atoms with Gasteiger partial charge in [0, 0.05) is 38.3 Å². The third-order valence-corrected chi connectivity index (χ3v) is 6.98. The minimum Gasteiger partial charge on any atom is -0.358 e. The molecule has 36 heavy (non-hydrogen) atoms. The first-order chi connectivity index (χ1) is 17.2. The molecule has 2 N–H and O–H groups in total. The molecule has 1 unspecified atom stereocenters. The SMILES string of the molecule is CCCN1C(=O)N(C)C(C)(C2=CC(=O)c3[nH]cc(CCNC(=O)CCc4ccccc4)c3C2=O)C1=O. The summed E-state index contributed by atoms with van der Waals surface area (Å²) in [5.41, 5.74) is 0.406. The molecule has 0 saturated carbocycles. The molecule has 2 heterocycles. The highest BCUT2D eigenvalue weighted by Crippen LogP contribution is 2.38. The van der Waals surface area contributed by atoms with Gasteiger partial charge < -0.3 is 15.2 Å². The topological polar surface area (TPSA) is 120 Å². The van der Waals surface area contributed by atoms with E-state index in [-0.39, 0.29) is 35.8 Å². The number of nitrogens with one attached hydrogen (secondary N) is 2. The number of hydrogen-bond donors (Lipinski definition) is 2. The van der Waals surface area contributed by atoms with Crippen molar-refractivity contribution >= 4 is 29.4 Å². The molecule has 1 aliphatic heterocycles. The van der Waals surface area contributed by atoms with Crippen LogP contribution >= 0.6 is 0 Å². The number of nitrogens with zero attached hydrogens (tertiary/aromatic N) is 2. The third kappa shape index (κ3) is 4.25. The number of H-pyrrole nitrogens is 1. The standard InChI is InChI=1S/C27H30N4O5/c1-4-14-31-25(35)27(2,30(3)26(31)36)19-15-20(32)23-22(24(19)34)18(16-29-23)12-13-28-21(33)11-10-17-8-6-5-7-9-17/h5-9,15-16,29H,4,10-14H2,1-3H3,(H,28,33). The molecule has 2 aliphatic rings. The summed E-state index contributed by atoms with van der Waals surface area (Å²) in [6, 6.07) is 9.22. The number of aromatic nitrogens is 1. The van der Waals surface area contributed by atoms with E-state index in [4.69, 9.17) is 0 Å². The number of allylic oxidation sites excluding steroid dienone is 1. The summed E-state index contributed by atoms with van der Waals surface area (Å²) >= 11 is 0. The van der Waals surface area contributed by atoms with Crippen LogP contribution in [0, 0.1) is 0 Å². The molecule has 9 nitrogen and oxygen atoms in total. The number of aromatic amines is 1. The van der Waals surface area contributed by atoms with E-state index in [1.54, 1.807) is 6.20 Å². The lowest BCUT2D eigenvalue weighted by Gasteiger charge is -2.31. The van der Waals surface area contributed by atoms with Crippen molar-refractivity contribution in [3.05, 3.63) is 70.6 Å². The Balaban J connectivity index is 1.47. The van der Waals surface area contributed by atoms with E-state index in [1.165, 1.54) is 18.9 Å². The van der Waals surface area contributed by atoms with E-state index in [1.807, 2.05) is 37.3 Å². The molecule has 9 heteroatoms. The second-order valence-corrected chi connectivity index (χ2v) is 9.27. The smallest absolute Gasteiger partial charge is 0.327 e. The van der Waals surface area contributed by atoms with E-state index in [9.17, 15) is 24.0 Å². The number of carbonyl (C=O) groups excluding carboxylic acids is 5. The van der Waals surface area contributed by atoms with Crippen molar-refractivity contribution in [2.75, 3.05) is 20.1 Å². The van der Waals surface area contributed by atoms with E-state index < -0.39 is 29.0 Å². The summed E-state index contributed by atoms with van der Waals surface area (Å²) in [4.78, 5) is 70.0. The van der Waals surface area contributed by atoms with Crippen LogP contribution in [0.3, 0.4) is 0 Å². The summed E-state index contributed by atoms with van der Waals surface area (Å²) < 4.78 is 0. The number of Topliss-reactive ketones (excluding diaryl/α,β-unsaturated/α-hetero) is 1. The molecule has 1 aliphatic carbocycles. The number of aryl methyl sites for hydroxylation is 1. The summed E-state index contributed by atoms with van der Waals surface area (Å²) in [5, 5.41) is 2.86. The summed E-state index contributed by atoms with van der Waals surface area (Å²) in [7, 11) is 1.47. The average molecular weight is 491 g/mol. The molecule has 0 bridgehead atoms. The van der Waals surface area contributed by atoms with Gasteiger partial charge in [-0.25, -0.2) is 4.79 Å². The lowest BCUT2D eigenvalue weighted by molar-refractivity contribution is -0.130. The second kappa shape index (κ2) is 9.93. The third-order valence-electron chi connectivity index (χ3n) is 6.98. The Morgan fingerprint density at radius 3 is 2.50 bits per heavy atom. The van der Waals surface area contributed by atoms with Gasteiger partial charge in [-0.2, -0.15) is 0 Å². The minimum absolute atomic E-state index is 0.0211. The lowest BCUT2D eigenvalue weighted by Crippen LogP contribution is -2.50. The molecule has 0 radical (unpaired) electrons. The maximum atomic E-state index is 13.6. The van der Waals surface area contributed by atoms with Gasteiger partial charge in [0.2, 0.25) is 11.7 Å². The molecular formula is C27H30N4O5. The number of likely N-dealkylation sites (N-methyl/N-ethyl adjacent to an activating group) is 1. The minimum atomic E-state index is -1.57. The van der Waals surface area contributed by atoms with Gasteiger partial charge in [-0.1, -0.05) is 37.3 Å². The molecule has 0 spiro atoms. The zero-order chi connectivity index (χ0) is 26.0. The molecule has 1 aromatic carbocycles. The zero-order valence-corrected chi connectivity index (χ0v) is 20.7. The quantitative estimate of drug-likeness (QED) is 0.524. The van der Waals surface area contributed by atoms with E-state index in [0.29, 0.717) is 31.2 Å². The van der Waals surface area contributed by atoms with Crippen LogP contribution in [0.5, 0.6) is 0 Å². The van der Waals surface area contributed by atoms with Gasteiger partial charge >= 0.3 is 6.03 Å². The number of ketones is 2. The van der Waals surface area contributed by atoms with Gasteiger partial charge in [-0.3, -0.25) is 24.1 Å². The highest BCUT2D eigenvalue weighted by Gasteiger charge is 2.57. The van der Waals surface area contributed by atoms with Gasteiger partial charge in [0.05, 0.1) is 11.3 Å². The van der Waals surface area contributed by atoms with Crippen molar-refractivity contribution in [2.45, 2.75) is 45.1 Å². The Bertz CT molecular complexity index is 1260. The van der Waals surface area contributed by atoms with Gasteiger partial charge in [-0.05, 0) is 43.4 Å². The summed E-state index contributed by atoms with van der Waals surface area (Å²) in [5.74, 6) is -1.52. The first-order valence-corrected chi connectivity index (χ1v) is 12.1. The molecule has 1 saturated heterocycles. The number of benzene rings is 1. The average Bonchev–Trinajstić information content (AvgIpc) is 3.37. The number of amides is 4. The maximum absolute atomic E-state index is 13.6. The highest BCUT2D eigenvalue weighted by atomic mass is 16.2.